The number of fused-ring (bicyclic) bond motifs is 1. The first kappa shape index (κ1) is 12.1. The van der Waals surface area contributed by atoms with Crippen LogP contribution in [0.4, 0.5) is 0 Å². The molecule has 1 atom stereocenters. The summed E-state index contributed by atoms with van der Waals surface area (Å²) in [5.41, 5.74) is 0. The molecule has 1 saturated heterocycles. The van der Waals surface area contributed by atoms with Crippen LogP contribution in [0.3, 0.4) is 0 Å². The summed E-state index contributed by atoms with van der Waals surface area (Å²) in [5.74, 6) is 2.15. The van der Waals surface area contributed by atoms with Crippen molar-refractivity contribution in [3.8, 4) is 0 Å². The largest absolute Gasteiger partial charge is 0.373 e. The lowest BCUT2D eigenvalue weighted by Crippen LogP contribution is -2.26. The zero-order valence-electron chi connectivity index (χ0n) is 10.1. The minimum Gasteiger partial charge on any atom is -0.373 e. The molecule has 0 amide bonds. The van der Waals surface area contributed by atoms with Crippen molar-refractivity contribution in [1.29, 1.82) is 0 Å². The maximum absolute atomic E-state index is 11.4. The van der Waals surface area contributed by atoms with Crippen LogP contribution < -0.4 is 0 Å². The third kappa shape index (κ3) is 2.05. The standard InChI is InChI=1S/C11H17N3O3S/c15-10-3-1-2-9-12-13-11(14(9)10)8-4-6-18(16,17)7-5-8/h8,10,15H,1-7H2. The van der Waals surface area contributed by atoms with Crippen molar-refractivity contribution in [2.45, 2.75) is 44.2 Å². The summed E-state index contributed by atoms with van der Waals surface area (Å²) in [7, 11) is -2.86. The first-order chi connectivity index (χ1) is 8.57. The molecule has 1 aromatic rings. The molecule has 3 rings (SSSR count). The van der Waals surface area contributed by atoms with E-state index in [1.165, 1.54) is 0 Å². The number of aryl methyl sites for hydroxylation is 1. The highest BCUT2D eigenvalue weighted by Crippen LogP contribution is 2.32. The van der Waals surface area contributed by atoms with Crippen LogP contribution in [0.1, 0.15) is 49.5 Å². The third-order valence-corrected chi connectivity index (χ3v) is 5.59. The highest BCUT2D eigenvalue weighted by molar-refractivity contribution is 7.91. The SMILES string of the molecule is O=S1(=O)CCC(c2nnc3n2C(O)CCC3)CC1. The molecule has 100 valence electrons. The second kappa shape index (κ2) is 4.31. The topological polar surface area (TPSA) is 85.1 Å². The predicted octanol–water partition coefficient (Wildman–Crippen LogP) is 0.397. The van der Waals surface area contributed by atoms with Gasteiger partial charge in [0, 0.05) is 12.3 Å². The molecule has 7 heteroatoms. The molecule has 6 nitrogen and oxygen atoms in total. The van der Waals surface area contributed by atoms with E-state index in [4.69, 9.17) is 0 Å². The van der Waals surface area contributed by atoms with Crippen LogP contribution in [0.25, 0.3) is 0 Å². The minimum absolute atomic E-state index is 0.113. The number of aliphatic hydroxyl groups excluding tert-OH is 1. The number of hydrogen-bond acceptors (Lipinski definition) is 5. The first-order valence-electron chi connectivity index (χ1n) is 6.39. The second-order valence-corrected chi connectivity index (χ2v) is 7.45. The van der Waals surface area contributed by atoms with Crippen molar-refractivity contribution in [1.82, 2.24) is 14.8 Å². The average Bonchev–Trinajstić information content (AvgIpc) is 2.74. The van der Waals surface area contributed by atoms with Gasteiger partial charge in [0.05, 0.1) is 11.5 Å². The summed E-state index contributed by atoms with van der Waals surface area (Å²) in [6.07, 6.45) is 3.13. The van der Waals surface area contributed by atoms with E-state index in [9.17, 15) is 13.5 Å². The van der Waals surface area contributed by atoms with Crippen LogP contribution in [0.2, 0.25) is 0 Å². The van der Waals surface area contributed by atoms with Crippen LogP contribution >= 0.6 is 0 Å². The normalized spacial score (nSPS) is 27.9. The van der Waals surface area contributed by atoms with Gasteiger partial charge < -0.3 is 5.11 Å². The summed E-state index contributed by atoms with van der Waals surface area (Å²) < 4.78 is 24.7. The molecule has 3 heterocycles. The lowest BCUT2D eigenvalue weighted by atomic mass is 10.0. The van der Waals surface area contributed by atoms with Crippen LogP contribution in [-0.4, -0.2) is 39.8 Å². The zero-order valence-corrected chi connectivity index (χ0v) is 10.9. The molecule has 1 fully saturated rings. The Morgan fingerprint density at radius 2 is 1.89 bits per heavy atom. The van der Waals surface area contributed by atoms with E-state index >= 15 is 0 Å². The van der Waals surface area contributed by atoms with Crippen LogP contribution in [0.5, 0.6) is 0 Å². The minimum atomic E-state index is -2.86. The molecule has 1 N–H and O–H groups in total. The van der Waals surface area contributed by atoms with Gasteiger partial charge in [0.2, 0.25) is 0 Å². The van der Waals surface area contributed by atoms with Gasteiger partial charge in [0.1, 0.15) is 27.7 Å². The molecule has 1 unspecified atom stereocenters. The molecular weight excluding hydrogens is 254 g/mol. The van der Waals surface area contributed by atoms with Crippen molar-refractivity contribution in [2.75, 3.05) is 11.5 Å². The Hall–Kier alpha value is -0.950. The van der Waals surface area contributed by atoms with Gasteiger partial charge in [-0.25, -0.2) is 8.42 Å². The van der Waals surface area contributed by atoms with E-state index in [0.29, 0.717) is 12.8 Å². The van der Waals surface area contributed by atoms with Gasteiger partial charge in [0.15, 0.2) is 0 Å². The number of hydrogen-bond donors (Lipinski definition) is 1. The summed E-state index contributed by atoms with van der Waals surface area (Å²) in [5, 5.41) is 18.3. The first-order valence-corrected chi connectivity index (χ1v) is 8.21. The Bertz CT molecular complexity index is 538. The molecule has 2 aliphatic rings. The quantitative estimate of drug-likeness (QED) is 0.799. The van der Waals surface area contributed by atoms with Crippen molar-refractivity contribution < 1.29 is 13.5 Å². The highest BCUT2D eigenvalue weighted by Gasteiger charge is 2.31. The van der Waals surface area contributed by atoms with E-state index in [-0.39, 0.29) is 17.4 Å². The monoisotopic (exact) mass is 271 g/mol. The molecule has 0 radical (unpaired) electrons. The van der Waals surface area contributed by atoms with Crippen LogP contribution in [-0.2, 0) is 16.3 Å². The molecule has 0 aliphatic carbocycles. The van der Waals surface area contributed by atoms with Crippen molar-refractivity contribution in [3.63, 3.8) is 0 Å². The van der Waals surface area contributed by atoms with E-state index in [0.717, 1.165) is 30.9 Å². The Morgan fingerprint density at radius 1 is 1.17 bits per heavy atom. The summed E-state index contributed by atoms with van der Waals surface area (Å²) in [6.45, 7) is 0. The molecule has 1 aromatic heterocycles. The Balaban J connectivity index is 1.88. The average molecular weight is 271 g/mol. The van der Waals surface area contributed by atoms with Crippen molar-refractivity contribution >= 4 is 9.84 Å². The van der Waals surface area contributed by atoms with Crippen LogP contribution in [0, 0.1) is 0 Å². The van der Waals surface area contributed by atoms with E-state index in [1.54, 1.807) is 0 Å². The fraction of sp³-hybridized carbons (Fsp3) is 0.818. The second-order valence-electron chi connectivity index (χ2n) is 5.14. The van der Waals surface area contributed by atoms with Gasteiger partial charge in [0.25, 0.3) is 0 Å². The summed E-state index contributed by atoms with van der Waals surface area (Å²) in [4.78, 5) is 0. The number of sulfone groups is 1. The third-order valence-electron chi connectivity index (χ3n) is 3.87. The smallest absolute Gasteiger partial charge is 0.150 e. The van der Waals surface area contributed by atoms with E-state index in [1.807, 2.05) is 4.57 Å². The molecule has 18 heavy (non-hydrogen) atoms. The lowest BCUT2D eigenvalue weighted by molar-refractivity contribution is 0.0734. The predicted molar refractivity (Wildman–Crippen MR) is 64.8 cm³/mol. The van der Waals surface area contributed by atoms with Gasteiger partial charge in [-0.05, 0) is 25.7 Å². The van der Waals surface area contributed by atoms with Crippen LogP contribution in [0.15, 0.2) is 0 Å². The zero-order chi connectivity index (χ0) is 12.8. The number of aliphatic hydroxyl groups is 1. The van der Waals surface area contributed by atoms with E-state index in [2.05, 4.69) is 10.2 Å². The molecule has 0 bridgehead atoms. The molecule has 0 saturated carbocycles. The maximum Gasteiger partial charge on any atom is 0.150 e. The molecular formula is C11H17N3O3S. The Kier molecular flexibility index (Phi) is 2.90. The fourth-order valence-corrected chi connectivity index (χ4v) is 4.32. The summed E-state index contributed by atoms with van der Waals surface area (Å²) >= 11 is 0. The maximum atomic E-state index is 11.4. The Labute approximate surface area is 106 Å². The van der Waals surface area contributed by atoms with E-state index < -0.39 is 16.1 Å². The van der Waals surface area contributed by atoms with Gasteiger partial charge in [-0.15, -0.1) is 10.2 Å². The van der Waals surface area contributed by atoms with Crippen molar-refractivity contribution in [3.05, 3.63) is 11.6 Å². The van der Waals surface area contributed by atoms with Gasteiger partial charge >= 0.3 is 0 Å². The van der Waals surface area contributed by atoms with Gasteiger partial charge in [-0.1, -0.05) is 0 Å². The van der Waals surface area contributed by atoms with Gasteiger partial charge in [-0.2, -0.15) is 0 Å². The number of nitrogens with zero attached hydrogens (tertiary/aromatic N) is 3. The fourth-order valence-electron chi connectivity index (χ4n) is 2.83. The summed E-state index contributed by atoms with van der Waals surface area (Å²) in [6, 6.07) is 0. The number of aromatic nitrogens is 3. The highest BCUT2D eigenvalue weighted by atomic mass is 32.2. The molecule has 2 aliphatic heterocycles. The lowest BCUT2D eigenvalue weighted by Gasteiger charge is -2.26. The van der Waals surface area contributed by atoms with Crippen molar-refractivity contribution in [2.24, 2.45) is 0 Å². The number of rotatable bonds is 1. The molecule has 0 spiro atoms. The molecule has 0 aromatic carbocycles. The Morgan fingerprint density at radius 3 is 2.61 bits per heavy atom. The van der Waals surface area contributed by atoms with Gasteiger partial charge in [-0.3, -0.25) is 4.57 Å².